The van der Waals surface area contributed by atoms with Crippen LogP contribution in [0.4, 0.5) is 13.2 Å². The molecule has 17 heavy (non-hydrogen) atoms. The Morgan fingerprint density at radius 3 is 2.76 bits per heavy atom. The normalized spacial score (nSPS) is 11.1. The van der Waals surface area contributed by atoms with E-state index in [1.165, 1.54) is 11.3 Å². The summed E-state index contributed by atoms with van der Waals surface area (Å²) in [6.45, 7) is 0.158. The van der Waals surface area contributed by atoms with Crippen molar-refractivity contribution in [2.24, 2.45) is 5.73 Å². The minimum absolute atomic E-state index is 0.186. The fourth-order valence-corrected chi connectivity index (χ4v) is 1.84. The van der Waals surface area contributed by atoms with Crippen molar-refractivity contribution in [3.05, 3.63) is 21.9 Å². The Bertz CT molecular complexity index is 403. The Kier molecular flexibility index (Phi) is 5.48. The molecular weight excluding hydrogens is 251 g/mol. The molecule has 0 amide bonds. The first-order valence-corrected chi connectivity index (χ1v) is 5.75. The van der Waals surface area contributed by atoms with E-state index in [1.807, 2.05) is 0 Å². The van der Waals surface area contributed by atoms with Crippen molar-refractivity contribution in [3.8, 4) is 11.8 Å². The molecule has 1 heterocycles. The first-order chi connectivity index (χ1) is 8.01. The zero-order chi connectivity index (χ0) is 12.7. The SMILES string of the molecule is NCC#Cc1ccc(COCCC(F)(F)F)s1. The van der Waals surface area contributed by atoms with Gasteiger partial charge in [-0.2, -0.15) is 13.2 Å². The van der Waals surface area contributed by atoms with Crippen molar-refractivity contribution in [2.75, 3.05) is 13.2 Å². The van der Waals surface area contributed by atoms with Crippen LogP contribution in [0.5, 0.6) is 0 Å². The first-order valence-electron chi connectivity index (χ1n) is 4.93. The van der Waals surface area contributed by atoms with E-state index in [9.17, 15) is 13.2 Å². The Morgan fingerprint density at radius 2 is 2.12 bits per heavy atom. The number of halogens is 3. The van der Waals surface area contributed by atoms with Gasteiger partial charge in [0.05, 0.1) is 31.1 Å². The second kappa shape index (κ2) is 6.64. The van der Waals surface area contributed by atoms with Crippen LogP contribution in [0, 0.1) is 11.8 Å². The molecule has 0 saturated heterocycles. The molecule has 0 saturated carbocycles. The highest BCUT2D eigenvalue weighted by molar-refractivity contribution is 7.12. The molecule has 0 aliphatic rings. The summed E-state index contributed by atoms with van der Waals surface area (Å²) in [5.41, 5.74) is 5.22. The van der Waals surface area contributed by atoms with Gasteiger partial charge in [-0.15, -0.1) is 11.3 Å². The zero-order valence-corrected chi connectivity index (χ0v) is 9.83. The lowest BCUT2D eigenvalue weighted by atomic mass is 10.4. The summed E-state index contributed by atoms with van der Waals surface area (Å²) in [5, 5.41) is 0. The molecule has 6 heteroatoms. The average molecular weight is 263 g/mol. The number of ether oxygens (including phenoxy) is 1. The summed E-state index contributed by atoms with van der Waals surface area (Å²) in [5.74, 6) is 5.55. The molecule has 0 unspecified atom stereocenters. The Labute approximate surface area is 102 Å². The highest BCUT2D eigenvalue weighted by Crippen LogP contribution is 2.20. The lowest BCUT2D eigenvalue weighted by Crippen LogP contribution is -2.11. The zero-order valence-electron chi connectivity index (χ0n) is 9.01. The van der Waals surface area contributed by atoms with Crippen molar-refractivity contribution in [1.82, 2.24) is 0 Å². The van der Waals surface area contributed by atoms with Crippen LogP contribution < -0.4 is 5.73 Å². The van der Waals surface area contributed by atoms with E-state index in [0.29, 0.717) is 0 Å². The van der Waals surface area contributed by atoms with Gasteiger partial charge < -0.3 is 10.5 Å². The highest BCUT2D eigenvalue weighted by Gasteiger charge is 2.26. The van der Waals surface area contributed by atoms with Crippen LogP contribution in [0.2, 0.25) is 0 Å². The van der Waals surface area contributed by atoms with Crippen LogP contribution in [0.25, 0.3) is 0 Å². The van der Waals surface area contributed by atoms with Crippen LogP contribution >= 0.6 is 11.3 Å². The predicted molar refractivity (Wildman–Crippen MR) is 60.6 cm³/mol. The van der Waals surface area contributed by atoms with E-state index in [4.69, 9.17) is 10.5 Å². The number of hydrogen-bond acceptors (Lipinski definition) is 3. The largest absolute Gasteiger partial charge is 0.391 e. The number of nitrogens with two attached hydrogens (primary N) is 1. The fourth-order valence-electron chi connectivity index (χ4n) is 1.02. The van der Waals surface area contributed by atoms with Gasteiger partial charge in [-0.1, -0.05) is 11.8 Å². The summed E-state index contributed by atoms with van der Waals surface area (Å²) in [7, 11) is 0. The van der Waals surface area contributed by atoms with Crippen molar-refractivity contribution >= 4 is 11.3 Å². The van der Waals surface area contributed by atoms with Gasteiger partial charge in [0.2, 0.25) is 0 Å². The van der Waals surface area contributed by atoms with Gasteiger partial charge in [-0.25, -0.2) is 0 Å². The Balaban J connectivity index is 2.30. The third kappa shape index (κ3) is 6.31. The smallest absolute Gasteiger partial charge is 0.376 e. The molecule has 0 bridgehead atoms. The second-order valence-corrected chi connectivity index (χ2v) is 4.36. The third-order valence-electron chi connectivity index (χ3n) is 1.75. The summed E-state index contributed by atoms with van der Waals surface area (Å²) in [6, 6.07) is 3.59. The molecule has 1 aromatic rings. The monoisotopic (exact) mass is 263 g/mol. The molecule has 1 aromatic heterocycles. The summed E-state index contributed by atoms with van der Waals surface area (Å²) in [4.78, 5) is 1.69. The van der Waals surface area contributed by atoms with E-state index >= 15 is 0 Å². The molecule has 94 valence electrons. The standard InChI is InChI=1S/C11H12F3NOS/c12-11(13,14)5-7-16-8-10-4-3-9(17-10)2-1-6-15/h3-4H,5-8,15H2. The molecule has 0 atom stereocenters. The number of thiophene rings is 1. The summed E-state index contributed by atoms with van der Waals surface area (Å²) < 4.78 is 40.4. The molecular formula is C11H12F3NOS. The van der Waals surface area contributed by atoms with Gasteiger partial charge in [-0.05, 0) is 12.1 Å². The molecule has 1 rings (SSSR count). The molecule has 0 fully saturated rings. The minimum atomic E-state index is -4.16. The Morgan fingerprint density at radius 1 is 1.35 bits per heavy atom. The van der Waals surface area contributed by atoms with Crippen LogP contribution in [-0.4, -0.2) is 19.3 Å². The molecule has 0 radical (unpaired) electrons. The van der Waals surface area contributed by atoms with E-state index in [1.54, 1.807) is 12.1 Å². The molecule has 2 N–H and O–H groups in total. The van der Waals surface area contributed by atoms with E-state index in [2.05, 4.69) is 11.8 Å². The summed E-state index contributed by atoms with van der Waals surface area (Å²) >= 11 is 1.40. The fraction of sp³-hybridized carbons (Fsp3) is 0.455. The van der Waals surface area contributed by atoms with Gasteiger partial charge >= 0.3 is 6.18 Å². The quantitative estimate of drug-likeness (QED) is 0.669. The van der Waals surface area contributed by atoms with Gasteiger partial charge in [0, 0.05) is 4.88 Å². The number of rotatable bonds is 4. The molecule has 0 aliphatic carbocycles. The Hall–Kier alpha value is -1.03. The van der Waals surface area contributed by atoms with Crippen molar-refractivity contribution in [1.29, 1.82) is 0 Å². The lowest BCUT2D eigenvalue weighted by Gasteiger charge is -2.05. The van der Waals surface area contributed by atoms with Crippen LogP contribution in [0.15, 0.2) is 12.1 Å². The third-order valence-corrected chi connectivity index (χ3v) is 2.72. The van der Waals surface area contributed by atoms with Crippen molar-refractivity contribution in [3.63, 3.8) is 0 Å². The van der Waals surface area contributed by atoms with Crippen LogP contribution in [0.1, 0.15) is 16.2 Å². The maximum Gasteiger partial charge on any atom is 0.391 e. The first kappa shape index (κ1) is 14.0. The van der Waals surface area contributed by atoms with Gasteiger partial charge in [0.1, 0.15) is 0 Å². The van der Waals surface area contributed by atoms with Gasteiger partial charge in [0.25, 0.3) is 0 Å². The predicted octanol–water partition coefficient (Wildman–Crippen LogP) is 2.53. The highest BCUT2D eigenvalue weighted by atomic mass is 32.1. The van der Waals surface area contributed by atoms with E-state index in [-0.39, 0.29) is 19.8 Å². The van der Waals surface area contributed by atoms with E-state index in [0.717, 1.165) is 9.75 Å². The van der Waals surface area contributed by atoms with Crippen LogP contribution in [-0.2, 0) is 11.3 Å². The van der Waals surface area contributed by atoms with Crippen molar-refractivity contribution < 1.29 is 17.9 Å². The summed E-state index contributed by atoms with van der Waals surface area (Å²) in [6.07, 6.45) is -5.08. The van der Waals surface area contributed by atoms with Gasteiger partial charge in [0.15, 0.2) is 0 Å². The van der Waals surface area contributed by atoms with Crippen LogP contribution in [0.3, 0.4) is 0 Å². The topological polar surface area (TPSA) is 35.2 Å². The maximum atomic E-state index is 11.8. The minimum Gasteiger partial charge on any atom is -0.376 e. The molecule has 2 nitrogen and oxygen atoms in total. The lowest BCUT2D eigenvalue weighted by molar-refractivity contribution is -0.145. The molecule has 0 aromatic carbocycles. The average Bonchev–Trinajstić information content (AvgIpc) is 2.68. The number of alkyl halides is 3. The number of hydrogen-bond donors (Lipinski definition) is 1. The second-order valence-electron chi connectivity index (χ2n) is 3.19. The molecule has 0 aliphatic heterocycles. The van der Waals surface area contributed by atoms with Crippen molar-refractivity contribution in [2.45, 2.75) is 19.2 Å². The van der Waals surface area contributed by atoms with Gasteiger partial charge in [-0.3, -0.25) is 0 Å². The van der Waals surface area contributed by atoms with E-state index < -0.39 is 12.6 Å². The maximum absolute atomic E-state index is 11.8. The molecule has 0 spiro atoms.